The second kappa shape index (κ2) is 4.95. The minimum absolute atomic E-state index is 0.380. The number of pyridine rings is 1. The molecule has 1 saturated carbocycles. The maximum Gasteiger partial charge on any atom is 0.251 e. The van der Waals surface area contributed by atoms with Crippen LogP contribution in [0.1, 0.15) is 40.6 Å². The van der Waals surface area contributed by atoms with Crippen LogP contribution in [-0.2, 0) is 0 Å². The summed E-state index contributed by atoms with van der Waals surface area (Å²) in [5.74, 6) is -0.380. The lowest BCUT2D eigenvalue weighted by molar-refractivity contribution is 0.1000. The van der Waals surface area contributed by atoms with E-state index in [2.05, 4.69) is 11.5 Å². The third kappa shape index (κ3) is 2.13. The van der Waals surface area contributed by atoms with Gasteiger partial charge in [0.1, 0.15) is 0 Å². The molecule has 2 aromatic heterocycles. The average molecular weight is 305 g/mol. The molecule has 4 heteroatoms. The molecule has 0 bridgehead atoms. The predicted octanol–water partition coefficient (Wildman–Crippen LogP) is 3.75. The lowest BCUT2D eigenvalue weighted by Crippen LogP contribution is -2.13. The highest BCUT2D eigenvalue weighted by atomic mass is 16.1. The molecule has 23 heavy (non-hydrogen) atoms. The van der Waals surface area contributed by atoms with Crippen LogP contribution in [-0.4, -0.2) is 15.5 Å². The molecule has 1 aliphatic carbocycles. The Hall–Kier alpha value is -2.62. The van der Waals surface area contributed by atoms with Gasteiger partial charge in [0, 0.05) is 28.4 Å². The highest BCUT2D eigenvalue weighted by Gasteiger charge is 2.31. The number of carbonyl (C=O) groups is 1. The average Bonchev–Trinajstić information content (AvgIpc) is 3.32. The Morgan fingerprint density at radius 3 is 2.57 bits per heavy atom. The van der Waals surface area contributed by atoms with E-state index in [1.54, 1.807) is 0 Å². The van der Waals surface area contributed by atoms with Gasteiger partial charge in [0.15, 0.2) is 0 Å². The first-order chi connectivity index (χ1) is 11.1. The molecule has 0 radical (unpaired) electrons. The van der Waals surface area contributed by atoms with Gasteiger partial charge in [-0.25, -0.2) is 4.98 Å². The van der Waals surface area contributed by atoms with Crippen molar-refractivity contribution in [2.75, 3.05) is 0 Å². The molecule has 1 aromatic carbocycles. The van der Waals surface area contributed by atoms with E-state index in [1.807, 2.05) is 43.3 Å². The van der Waals surface area contributed by atoms with Crippen LogP contribution < -0.4 is 5.73 Å². The molecule has 0 spiro atoms. The van der Waals surface area contributed by atoms with Crippen molar-refractivity contribution in [2.45, 2.75) is 32.7 Å². The van der Waals surface area contributed by atoms with Gasteiger partial charge in [-0.3, -0.25) is 4.79 Å². The number of rotatable bonds is 3. The van der Waals surface area contributed by atoms with Crippen molar-refractivity contribution in [1.29, 1.82) is 0 Å². The van der Waals surface area contributed by atoms with Gasteiger partial charge in [0.2, 0.25) is 0 Å². The number of hydrogen-bond donors (Lipinski definition) is 1. The summed E-state index contributed by atoms with van der Waals surface area (Å²) in [6.45, 7) is 4.04. The van der Waals surface area contributed by atoms with Gasteiger partial charge in [0.25, 0.3) is 5.91 Å². The van der Waals surface area contributed by atoms with Crippen molar-refractivity contribution < 1.29 is 4.79 Å². The maximum absolute atomic E-state index is 12.1. The first kappa shape index (κ1) is 14.0. The van der Waals surface area contributed by atoms with Gasteiger partial charge in [-0.2, -0.15) is 0 Å². The predicted molar refractivity (Wildman–Crippen MR) is 91.4 cm³/mol. The Morgan fingerprint density at radius 1 is 1.13 bits per heavy atom. The summed E-state index contributed by atoms with van der Waals surface area (Å²) >= 11 is 0. The van der Waals surface area contributed by atoms with Crippen LogP contribution in [0.4, 0.5) is 0 Å². The molecule has 0 atom stereocenters. The number of primary amides is 1. The van der Waals surface area contributed by atoms with Gasteiger partial charge < -0.3 is 10.3 Å². The zero-order valence-electron chi connectivity index (χ0n) is 13.3. The van der Waals surface area contributed by atoms with Crippen LogP contribution in [0.25, 0.3) is 22.2 Å². The van der Waals surface area contributed by atoms with Crippen LogP contribution >= 0.6 is 0 Å². The molecule has 1 fully saturated rings. The second-order valence-corrected chi connectivity index (χ2v) is 6.28. The second-order valence-electron chi connectivity index (χ2n) is 6.28. The van der Waals surface area contributed by atoms with Crippen molar-refractivity contribution in [1.82, 2.24) is 9.55 Å². The molecular formula is C19H19N3O. The quantitative estimate of drug-likeness (QED) is 0.801. The van der Waals surface area contributed by atoms with Gasteiger partial charge in [-0.1, -0.05) is 24.3 Å². The number of para-hydroxylation sites is 1. The number of hydrogen-bond acceptors (Lipinski definition) is 2. The van der Waals surface area contributed by atoms with Crippen molar-refractivity contribution in [3.63, 3.8) is 0 Å². The van der Waals surface area contributed by atoms with E-state index in [0.717, 1.165) is 33.5 Å². The van der Waals surface area contributed by atoms with Crippen molar-refractivity contribution in [3.05, 3.63) is 53.3 Å². The fourth-order valence-electron chi connectivity index (χ4n) is 3.55. The number of fused-ring (bicyclic) bond motifs is 1. The third-order valence-corrected chi connectivity index (χ3v) is 4.71. The number of nitrogens with zero attached hydrogens (tertiary/aromatic N) is 2. The molecule has 4 nitrogen and oxygen atoms in total. The van der Waals surface area contributed by atoms with E-state index in [0.29, 0.717) is 11.6 Å². The zero-order valence-corrected chi connectivity index (χ0v) is 13.3. The van der Waals surface area contributed by atoms with Crippen LogP contribution in [0.2, 0.25) is 0 Å². The van der Waals surface area contributed by atoms with Crippen molar-refractivity contribution in [2.24, 2.45) is 5.73 Å². The Bertz CT molecular complexity index is 935. The number of benzene rings is 1. The van der Waals surface area contributed by atoms with Gasteiger partial charge in [-0.05, 0) is 38.8 Å². The SMILES string of the molecule is Cc1c(C(N)=O)c(-c2ccc3ccccc3n2)c(C)n1C1CC1. The topological polar surface area (TPSA) is 60.9 Å². The fraction of sp³-hybridized carbons (Fsp3) is 0.263. The first-order valence-corrected chi connectivity index (χ1v) is 7.95. The van der Waals surface area contributed by atoms with Crippen LogP contribution in [0, 0.1) is 13.8 Å². The lowest BCUT2D eigenvalue weighted by Gasteiger charge is -2.07. The Morgan fingerprint density at radius 2 is 1.87 bits per heavy atom. The van der Waals surface area contributed by atoms with E-state index in [9.17, 15) is 4.79 Å². The zero-order chi connectivity index (χ0) is 16.1. The summed E-state index contributed by atoms with van der Waals surface area (Å²) in [4.78, 5) is 16.8. The number of carbonyl (C=O) groups excluding carboxylic acids is 1. The first-order valence-electron chi connectivity index (χ1n) is 7.95. The van der Waals surface area contributed by atoms with Crippen LogP contribution in [0.3, 0.4) is 0 Å². The van der Waals surface area contributed by atoms with E-state index in [-0.39, 0.29) is 5.91 Å². The molecule has 1 aliphatic rings. The molecule has 0 saturated heterocycles. The van der Waals surface area contributed by atoms with Crippen LogP contribution in [0.5, 0.6) is 0 Å². The highest BCUT2D eigenvalue weighted by molar-refractivity contribution is 6.02. The van der Waals surface area contributed by atoms with Crippen molar-refractivity contribution in [3.8, 4) is 11.3 Å². The molecule has 2 N–H and O–H groups in total. The molecule has 0 unspecified atom stereocenters. The monoisotopic (exact) mass is 305 g/mol. The number of amides is 1. The van der Waals surface area contributed by atoms with E-state index in [4.69, 9.17) is 10.7 Å². The largest absolute Gasteiger partial charge is 0.366 e. The molecule has 4 rings (SSSR count). The van der Waals surface area contributed by atoms with Crippen LogP contribution in [0.15, 0.2) is 36.4 Å². The van der Waals surface area contributed by atoms with E-state index in [1.165, 1.54) is 12.8 Å². The van der Waals surface area contributed by atoms with Gasteiger partial charge in [-0.15, -0.1) is 0 Å². The summed E-state index contributed by atoms with van der Waals surface area (Å²) in [6.07, 6.45) is 2.33. The summed E-state index contributed by atoms with van der Waals surface area (Å²) in [5, 5.41) is 1.09. The minimum atomic E-state index is -0.380. The Kier molecular flexibility index (Phi) is 3.01. The number of aromatic nitrogens is 2. The van der Waals surface area contributed by atoms with Crippen molar-refractivity contribution >= 4 is 16.8 Å². The summed E-state index contributed by atoms with van der Waals surface area (Å²) in [5.41, 5.74) is 11.0. The lowest BCUT2D eigenvalue weighted by atomic mass is 10.0. The van der Waals surface area contributed by atoms with E-state index < -0.39 is 0 Å². The molecule has 116 valence electrons. The van der Waals surface area contributed by atoms with Gasteiger partial charge in [0.05, 0.1) is 16.8 Å². The summed E-state index contributed by atoms with van der Waals surface area (Å²) in [6, 6.07) is 12.5. The molecule has 2 heterocycles. The Labute approximate surface area is 134 Å². The van der Waals surface area contributed by atoms with E-state index >= 15 is 0 Å². The summed E-state index contributed by atoms with van der Waals surface area (Å²) in [7, 11) is 0. The Balaban J connectivity index is 1.99. The molecule has 3 aromatic rings. The molecular weight excluding hydrogens is 286 g/mol. The van der Waals surface area contributed by atoms with Gasteiger partial charge >= 0.3 is 0 Å². The molecule has 1 amide bonds. The third-order valence-electron chi connectivity index (χ3n) is 4.71. The maximum atomic E-state index is 12.1. The molecule has 0 aliphatic heterocycles. The highest BCUT2D eigenvalue weighted by Crippen LogP contribution is 2.42. The standard InChI is InChI=1S/C19H19N3O/c1-11-17(16-10-7-13-5-3-4-6-15(13)21-16)18(19(20)23)12(2)22(11)14-8-9-14/h3-7,10,14H,8-9H2,1-2H3,(H2,20,23). The normalized spacial score (nSPS) is 14.3. The minimum Gasteiger partial charge on any atom is -0.366 e. The smallest absolute Gasteiger partial charge is 0.251 e. The summed E-state index contributed by atoms with van der Waals surface area (Å²) < 4.78 is 2.26. The number of nitrogens with two attached hydrogens (primary N) is 1. The fourth-order valence-corrected chi connectivity index (χ4v) is 3.55.